The Bertz CT molecular complexity index is 911. The topological polar surface area (TPSA) is 227 Å². The first kappa shape index (κ1) is 27.4. The van der Waals surface area contributed by atoms with Crippen LogP contribution in [0.5, 0.6) is 5.75 Å². The molecule has 0 saturated carbocycles. The molecule has 35 heavy (non-hydrogen) atoms. The normalized spacial score (nSPS) is 16.5. The molecular weight excluding hydrogens is 456 g/mol. The molecule has 0 bridgehead atoms. The Morgan fingerprint density at radius 2 is 1.80 bits per heavy atom. The maximum absolute atomic E-state index is 13.0. The van der Waals surface area contributed by atoms with Crippen LogP contribution in [0, 0.1) is 0 Å². The molecule has 11 N–H and O–H groups in total. The summed E-state index contributed by atoms with van der Waals surface area (Å²) in [5.74, 6) is -2.25. The molecule has 0 spiro atoms. The van der Waals surface area contributed by atoms with Crippen molar-refractivity contribution >= 4 is 29.6 Å². The second kappa shape index (κ2) is 13.7. The Kier molecular flexibility index (Phi) is 10.8. The first-order valence-electron chi connectivity index (χ1n) is 11.4. The number of nitrogens with zero attached hydrogens (tertiary/aromatic N) is 1. The van der Waals surface area contributed by atoms with Gasteiger partial charge in [-0.2, -0.15) is 0 Å². The van der Waals surface area contributed by atoms with Crippen molar-refractivity contribution in [3.05, 3.63) is 29.8 Å². The molecule has 3 atom stereocenters. The fourth-order valence-electron chi connectivity index (χ4n) is 3.58. The van der Waals surface area contributed by atoms with Crippen molar-refractivity contribution < 1.29 is 24.3 Å². The van der Waals surface area contributed by atoms with Crippen LogP contribution in [0.25, 0.3) is 0 Å². The van der Waals surface area contributed by atoms with Crippen LogP contribution in [0.2, 0.25) is 0 Å². The summed E-state index contributed by atoms with van der Waals surface area (Å²) in [5.41, 5.74) is 16.8. The lowest BCUT2D eigenvalue weighted by molar-refractivity contribution is -0.132. The van der Waals surface area contributed by atoms with E-state index in [1.54, 1.807) is 12.1 Å². The summed E-state index contributed by atoms with van der Waals surface area (Å²) in [4.78, 5) is 53.4. The third kappa shape index (κ3) is 9.88. The van der Waals surface area contributed by atoms with Crippen LogP contribution in [-0.4, -0.2) is 72.5 Å². The standard InChI is InChI=1S/C22H34N8O5/c23-19(33)17(11-13-5-7-14(31)8-6-13)30-21(35)16(4-2-10-27-22(24)25)29-18(32)12-28-20(34)15-3-1-9-26-15/h5-8,15-17,26,31H,1-4,9-12H2,(H2,23,33)(H,28,34)(H,29,32)(H,30,35)(H4,24,25,27)/t15-,16-,17-/m0/s1. The highest BCUT2D eigenvalue weighted by molar-refractivity contribution is 5.93. The van der Waals surface area contributed by atoms with Crippen LogP contribution in [0.4, 0.5) is 0 Å². The van der Waals surface area contributed by atoms with Gasteiger partial charge in [-0.1, -0.05) is 12.1 Å². The lowest BCUT2D eigenvalue weighted by Crippen LogP contribution is -2.55. The van der Waals surface area contributed by atoms with Crippen molar-refractivity contribution in [2.45, 2.75) is 50.2 Å². The molecule has 2 rings (SSSR count). The Hall–Kier alpha value is -3.87. The number of phenolic OH excluding ortho intramolecular Hbond substituents is 1. The van der Waals surface area contributed by atoms with Crippen molar-refractivity contribution in [2.75, 3.05) is 19.6 Å². The van der Waals surface area contributed by atoms with Crippen LogP contribution in [0.15, 0.2) is 29.3 Å². The van der Waals surface area contributed by atoms with Gasteiger partial charge in [-0.3, -0.25) is 24.2 Å². The lowest BCUT2D eigenvalue weighted by Gasteiger charge is -2.22. The van der Waals surface area contributed by atoms with Crippen LogP contribution in [0.3, 0.4) is 0 Å². The van der Waals surface area contributed by atoms with Gasteiger partial charge in [0.1, 0.15) is 17.8 Å². The zero-order chi connectivity index (χ0) is 25.8. The highest BCUT2D eigenvalue weighted by Crippen LogP contribution is 2.12. The van der Waals surface area contributed by atoms with Crippen molar-refractivity contribution in [3.8, 4) is 5.75 Å². The number of aliphatic imine (C=N–C) groups is 1. The number of hydrogen-bond acceptors (Lipinski definition) is 7. The van der Waals surface area contributed by atoms with E-state index in [4.69, 9.17) is 17.2 Å². The number of amides is 4. The van der Waals surface area contributed by atoms with Gasteiger partial charge >= 0.3 is 0 Å². The van der Waals surface area contributed by atoms with Crippen molar-refractivity contribution in [1.82, 2.24) is 21.3 Å². The quantitative estimate of drug-likeness (QED) is 0.0823. The number of carbonyl (C=O) groups excluding carboxylic acids is 4. The second-order valence-corrected chi connectivity index (χ2v) is 8.27. The number of nitrogens with one attached hydrogen (secondary N) is 4. The number of primary amides is 1. The molecule has 13 heteroatoms. The van der Waals surface area contributed by atoms with Crippen molar-refractivity contribution in [2.24, 2.45) is 22.2 Å². The minimum Gasteiger partial charge on any atom is -0.508 e. The summed E-state index contributed by atoms with van der Waals surface area (Å²) >= 11 is 0. The van der Waals surface area contributed by atoms with Gasteiger partial charge in [-0.25, -0.2) is 0 Å². The number of aromatic hydroxyl groups is 1. The minimum absolute atomic E-state index is 0.0627. The van der Waals surface area contributed by atoms with Crippen molar-refractivity contribution in [1.29, 1.82) is 0 Å². The third-order valence-corrected chi connectivity index (χ3v) is 5.43. The Labute approximate surface area is 203 Å². The number of carbonyl (C=O) groups is 4. The minimum atomic E-state index is -1.04. The van der Waals surface area contributed by atoms with Gasteiger partial charge in [0.05, 0.1) is 12.6 Å². The van der Waals surface area contributed by atoms with E-state index in [1.165, 1.54) is 12.1 Å². The van der Waals surface area contributed by atoms with E-state index in [0.29, 0.717) is 18.4 Å². The molecule has 0 aromatic heterocycles. The SMILES string of the molecule is NC(=O)[C@H](Cc1ccc(O)cc1)NC(=O)[C@H](CCCN=C(N)N)NC(=O)CNC(=O)[C@@H]1CCCN1. The predicted molar refractivity (Wildman–Crippen MR) is 129 cm³/mol. The molecule has 0 unspecified atom stereocenters. The summed E-state index contributed by atoms with van der Waals surface area (Å²) in [6.45, 7) is 0.674. The van der Waals surface area contributed by atoms with Gasteiger partial charge in [0.15, 0.2) is 5.96 Å². The van der Waals surface area contributed by atoms with Gasteiger partial charge in [-0.05, 0) is 49.9 Å². The van der Waals surface area contributed by atoms with Gasteiger partial charge in [0, 0.05) is 13.0 Å². The number of guanidine groups is 1. The number of hydrogen-bond donors (Lipinski definition) is 8. The van der Waals surface area contributed by atoms with Crippen LogP contribution in [-0.2, 0) is 25.6 Å². The highest BCUT2D eigenvalue weighted by atomic mass is 16.3. The molecule has 4 amide bonds. The molecule has 1 saturated heterocycles. The Morgan fingerprint density at radius 3 is 2.40 bits per heavy atom. The fraction of sp³-hybridized carbons (Fsp3) is 0.500. The molecule has 1 aliphatic rings. The second-order valence-electron chi connectivity index (χ2n) is 8.27. The zero-order valence-corrected chi connectivity index (χ0v) is 19.5. The molecular formula is C22H34N8O5. The van der Waals surface area contributed by atoms with Crippen molar-refractivity contribution in [3.63, 3.8) is 0 Å². The van der Waals surface area contributed by atoms with Gasteiger partial charge in [0.25, 0.3) is 0 Å². The number of nitrogens with two attached hydrogens (primary N) is 3. The summed E-state index contributed by atoms with van der Waals surface area (Å²) in [6.07, 6.45) is 2.22. The number of phenols is 1. The summed E-state index contributed by atoms with van der Waals surface area (Å²) in [7, 11) is 0. The van der Waals surface area contributed by atoms with Gasteiger partial charge < -0.3 is 43.6 Å². The Balaban J connectivity index is 1.99. The van der Waals surface area contributed by atoms with E-state index in [2.05, 4.69) is 26.3 Å². The number of rotatable bonds is 13. The third-order valence-electron chi connectivity index (χ3n) is 5.43. The zero-order valence-electron chi connectivity index (χ0n) is 19.5. The smallest absolute Gasteiger partial charge is 0.243 e. The summed E-state index contributed by atoms with van der Waals surface area (Å²) in [5, 5.41) is 20.2. The first-order valence-corrected chi connectivity index (χ1v) is 11.4. The van der Waals surface area contributed by atoms with E-state index < -0.39 is 29.8 Å². The Morgan fingerprint density at radius 1 is 1.09 bits per heavy atom. The van der Waals surface area contributed by atoms with E-state index in [0.717, 1.165) is 13.0 Å². The fourth-order valence-corrected chi connectivity index (χ4v) is 3.58. The van der Waals surface area contributed by atoms with Gasteiger partial charge in [0.2, 0.25) is 23.6 Å². The average Bonchev–Trinajstić information content (AvgIpc) is 3.35. The molecule has 0 radical (unpaired) electrons. The lowest BCUT2D eigenvalue weighted by atomic mass is 10.0. The first-order chi connectivity index (χ1) is 16.7. The van der Waals surface area contributed by atoms with E-state index >= 15 is 0 Å². The van der Waals surface area contributed by atoms with E-state index in [-0.39, 0.29) is 49.6 Å². The summed E-state index contributed by atoms with van der Waals surface area (Å²) < 4.78 is 0. The summed E-state index contributed by atoms with van der Waals surface area (Å²) in [6, 6.07) is 3.73. The highest BCUT2D eigenvalue weighted by Gasteiger charge is 2.27. The maximum Gasteiger partial charge on any atom is 0.243 e. The predicted octanol–water partition coefficient (Wildman–Crippen LogP) is -2.69. The van der Waals surface area contributed by atoms with E-state index in [1.807, 2.05) is 0 Å². The maximum atomic E-state index is 13.0. The molecule has 1 aromatic carbocycles. The molecule has 1 heterocycles. The largest absolute Gasteiger partial charge is 0.508 e. The van der Waals surface area contributed by atoms with Crippen LogP contribution < -0.4 is 38.5 Å². The molecule has 1 fully saturated rings. The van der Waals surface area contributed by atoms with E-state index in [9.17, 15) is 24.3 Å². The molecule has 13 nitrogen and oxygen atoms in total. The van der Waals surface area contributed by atoms with Crippen LogP contribution >= 0.6 is 0 Å². The van der Waals surface area contributed by atoms with Crippen LogP contribution in [0.1, 0.15) is 31.2 Å². The average molecular weight is 491 g/mol. The molecule has 1 aliphatic heterocycles. The molecule has 1 aromatic rings. The molecule has 0 aliphatic carbocycles. The molecule has 192 valence electrons. The van der Waals surface area contributed by atoms with Gasteiger partial charge in [-0.15, -0.1) is 0 Å². The number of benzene rings is 1. The monoisotopic (exact) mass is 490 g/mol.